The van der Waals surface area contributed by atoms with Crippen LogP contribution in [-0.2, 0) is 11.3 Å². The Morgan fingerprint density at radius 2 is 2.00 bits per heavy atom. The van der Waals surface area contributed by atoms with Crippen LogP contribution in [0.3, 0.4) is 0 Å². The van der Waals surface area contributed by atoms with E-state index in [4.69, 9.17) is 11.6 Å². The SMILES string of the molecule is O=C(Cn1ncc(N2CCCC2)c(Cl)c1=O)Nc1ccccc1F. The lowest BCUT2D eigenvalue weighted by atomic mass is 10.3. The first kappa shape index (κ1) is 16.4. The van der Waals surface area contributed by atoms with Crippen LogP contribution in [-0.4, -0.2) is 28.8 Å². The van der Waals surface area contributed by atoms with E-state index in [-0.39, 0.29) is 17.3 Å². The van der Waals surface area contributed by atoms with Gasteiger partial charge in [0.2, 0.25) is 5.91 Å². The Labute approximate surface area is 142 Å². The number of anilines is 2. The molecular formula is C16H16ClFN4O2. The Morgan fingerprint density at radius 1 is 1.29 bits per heavy atom. The molecule has 0 spiro atoms. The van der Waals surface area contributed by atoms with Crippen LogP contribution >= 0.6 is 11.6 Å². The van der Waals surface area contributed by atoms with Gasteiger partial charge in [-0.05, 0) is 25.0 Å². The zero-order chi connectivity index (χ0) is 17.1. The van der Waals surface area contributed by atoms with Crippen molar-refractivity contribution in [1.82, 2.24) is 9.78 Å². The first-order chi connectivity index (χ1) is 11.6. The summed E-state index contributed by atoms with van der Waals surface area (Å²) in [7, 11) is 0. The van der Waals surface area contributed by atoms with Crippen molar-refractivity contribution in [3.63, 3.8) is 0 Å². The van der Waals surface area contributed by atoms with Crippen molar-refractivity contribution in [3.05, 3.63) is 51.7 Å². The van der Waals surface area contributed by atoms with Gasteiger partial charge >= 0.3 is 0 Å². The van der Waals surface area contributed by atoms with Gasteiger partial charge < -0.3 is 10.2 Å². The monoisotopic (exact) mass is 350 g/mol. The van der Waals surface area contributed by atoms with Crippen LogP contribution in [0.2, 0.25) is 5.02 Å². The second-order valence-corrected chi connectivity index (χ2v) is 5.91. The van der Waals surface area contributed by atoms with Crippen LogP contribution in [0.1, 0.15) is 12.8 Å². The van der Waals surface area contributed by atoms with Gasteiger partial charge in [0, 0.05) is 13.1 Å². The minimum atomic E-state index is -0.556. The number of para-hydroxylation sites is 1. The molecule has 24 heavy (non-hydrogen) atoms. The molecule has 1 saturated heterocycles. The molecular weight excluding hydrogens is 335 g/mol. The third-order valence-electron chi connectivity index (χ3n) is 3.85. The molecule has 1 N–H and O–H groups in total. The Bertz CT molecular complexity index is 818. The Hall–Kier alpha value is -2.41. The number of halogens is 2. The van der Waals surface area contributed by atoms with Crippen molar-refractivity contribution in [2.75, 3.05) is 23.3 Å². The van der Waals surface area contributed by atoms with E-state index in [1.807, 2.05) is 4.90 Å². The molecule has 2 aromatic rings. The molecule has 1 amide bonds. The second kappa shape index (κ2) is 7.00. The maximum Gasteiger partial charge on any atom is 0.288 e. The molecule has 3 rings (SSSR count). The van der Waals surface area contributed by atoms with Crippen LogP contribution in [0.5, 0.6) is 0 Å². The lowest BCUT2D eigenvalue weighted by Gasteiger charge is -2.18. The maximum atomic E-state index is 13.5. The maximum absolute atomic E-state index is 13.5. The first-order valence-electron chi connectivity index (χ1n) is 7.61. The zero-order valence-corrected chi connectivity index (χ0v) is 13.6. The highest BCUT2D eigenvalue weighted by Crippen LogP contribution is 2.24. The molecule has 0 saturated carbocycles. The van der Waals surface area contributed by atoms with Gasteiger partial charge in [-0.3, -0.25) is 9.59 Å². The van der Waals surface area contributed by atoms with E-state index >= 15 is 0 Å². The highest BCUT2D eigenvalue weighted by molar-refractivity contribution is 6.33. The van der Waals surface area contributed by atoms with Crippen molar-refractivity contribution in [2.45, 2.75) is 19.4 Å². The number of hydrogen-bond acceptors (Lipinski definition) is 4. The minimum Gasteiger partial charge on any atom is -0.369 e. The van der Waals surface area contributed by atoms with Gasteiger partial charge in [-0.2, -0.15) is 5.10 Å². The largest absolute Gasteiger partial charge is 0.369 e. The van der Waals surface area contributed by atoms with E-state index in [0.717, 1.165) is 30.6 Å². The number of benzene rings is 1. The number of nitrogens with one attached hydrogen (secondary N) is 1. The second-order valence-electron chi connectivity index (χ2n) is 5.53. The molecule has 2 heterocycles. The minimum absolute atomic E-state index is 0.0468. The van der Waals surface area contributed by atoms with E-state index in [9.17, 15) is 14.0 Å². The molecule has 8 heteroatoms. The lowest BCUT2D eigenvalue weighted by Crippen LogP contribution is -2.32. The fourth-order valence-corrected chi connectivity index (χ4v) is 2.90. The highest BCUT2D eigenvalue weighted by atomic mass is 35.5. The molecule has 1 aromatic carbocycles. The number of carbonyl (C=O) groups excluding carboxylic acids is 1. The number of amides is 1. The van der Waals surface area contributed by atoms with E-state index in [1.54, 1.807) is 6.07 Å². The van der Waals surface area contributed by atoms with Crippen molar-refractivity contribution in [1.29, 1.82) is 0 Å². The fourth-order valence-electron chi connectivity index (χ4n) is 2.64. The third kappa shape index (κ3) is 3.41. The Balaban J connectivity index is 1.75. The smallest absolute Gasteiger partial charge is 0.288 e. The molecule has 0 aliphatic carbocycles. The molecule has 126 valence electrons. The van der Waals surface area contributed by atoms with Gasteiger partial charge in [-0.1, -0.05) is 23.7 Å². The van der Waals surface area contributed by atoms with Crippen LogP contribution in [0.4, 0.5) is 15.8 Å². The lowest BCUT2D eigenvalue weighted by molar-refractivity contribution is -0.117. The van der Waals surface area contributed by atoms with Crippen LogP contribution < -0.4 is 15.8 Å². The molecule has 1 aromatic heterocycles. The summed E-state index contributed by atoms with van der Waals surface area (Å²) in [6.07, 6.45) is 3.58. The third-order valence-corrected chi connectivity index (χ3v) is 4.21. The van der Waals surface area contributed by atoms with E-state index < -0.39 is 17.3 Å². The molecule has 0 radical (unpaired) electrons. The number of aromatic nitrogens is 2. The van der Waals surface area contributed by atoms with Crippen LogP contribution in [0.25, 0.3) is 0 Å². The Kier molecular flexibility index (Phi) is 4.80. The van der Waals surface area contributed by atoms with Gasteiger partial charge in [0.05, 0.1) is 17.6 Å². The average molecular weight is 351 g/mol. The molecule has 6 nitrogen and oxygen atoms in total. The van der Waals surface area contributed by atoms with E-state index in [0.29, 0.717) is 5.69 Å². The van der Waals surface area contributed by atoms with E-state index in [1.165, 1.54) is 24.4 Å². The van der Waals surface area contributed by atoms with Crippen molar-refractivity contribution >= 4 is 28.9 Å². The average Bonchev–Trinajstić information content (AvgIpc) is 3.08. The van der Waals surface area contributed by atoms with E-state index in [2.05, 4.69) is 10.4 Å². The summed E-state index contributed by atoms with van der Waals surface area (Å²) in [6.45, 7) is 1.32. The van der Waals surface area contributed by atoms with Crippen LogP contribution in [0, 0.1) is 5.82 Å². The Morgan fingerprint density at radius 3 is 2.71 bits per heavy atom. The predicted molar refractivity (Wildman–Crippen MR) is 90.0 cm³/mol. The molecule has 0 atom stereocenters. The normalized spacial score (nSPS) is 14.0. The first-order valence-corrected chi connectivity index (χ1v) is 7.99. The molecule has 1 fully saturated rings. The van der Waals surface area contributed by atoms with Gasteiger partial charge in [0.15, 0.2) is 0 Å². The fraction of sp³-hybridized carbons (Fsp3) is 0.312. The molecule has 0 unspecified atom stereocenters. The molecule has 0 bridgehead atoms. The van der Waals surface area contributed by atoms with Crippen LogP contribution in [0.15, 0.2) is 35.3 Å². The van der Waals surface area contributed by atoms with Crippen molar-refractivity contribution in [3.8, 4) is 0 Å². The summed E-state index contributed by atoms with van der Waals surface area (Å²) in [5.41, 5.74) is 0.102. The predicted octanol–water partition coefficient (Wildman–Crippen LogP) is 2.27. The number of rotatable bonds is 4. The summed E-state index contributed by atoms with van der Waals surface area (Å²) in [5, 5.41) is 6.47. The van der Waals surface area contributed by atoms with Gasteiger partial charge in [-0.25, -0.2) is 9.07 Å². The summed E-state index contributed by atoms with van der Waals surface area (Å²) in [6, 6.07) is 5.80. The quantitative estimate of drug-likeness (QED) is 0.918. The molecule has 1 aliphatic heterocycles. The number of nitrogens with zero attached hydrogens (tertiary/aromatic N) is 3. The van der Waals surface area contributed by atoms with Gasteiger partial charge in [0.25, 0.3) is 5.56 Å². The standard InChI is InChI=1S/C16H16ClFN4O2/c17-15-13(21-7-3-4-8-21)9-19-22(16(15)24)10-14(23)20-12-6-2-1-5-11(12)18/h1-2,5-6,9H,3-4,7-8,10H2,(H,20,23). The number of carbonyl (C=O) groups is 1. The summed E-state index contributed by atoms with van der Waals surface area (Å²) < 4.78 is 14.5. The zero-order valence-electron chi connectivity index (χ0n) is 12.8. The van der Waals surface area contributed by atoms with Gasteiger partial charge in [-0.15, -0.1) is 0 Å². The molecule has 1 aliphatic rings. The topological polar surface area (TPSA) is 67.2 Å². The summed E-state index contributed by atoms with van der Waals surface area (Å²) >= 11 is 6.14. The highest BCUT2D eigenvalue weighted by Gasteiger charge is 2.19. The number of hydrogen-bond donors (Lipinski definition) is 1. The van der Waals surface area contributed by atoms with Crippen molar-refractivity contribution in [2.24, 2.45) is 0 Å². The van der Waals surface area contributed by atoms with Gasteiger partial charge in [0.1, 0.15) is 17.4 Å². The summed E-state index contributed by atoms with van der Waals surface area (Å²) in [5.74, 6) is -1.10. The summed E-state index contributed by atoms with van der Waals surface area (Å²) in [4.78, 5) is 26.3. The van der Waals surface area contributed by atoms with Crippen molar-refractivity contribution < 1.29 is 9.18 Å².